The molecule has 0 unspecified atom stereocenters. The zero-order valence-electron chi connectivity index (χ0n) is 15.3. The third-order valence-corrected chi connectivity index (χ3v) is 3.53. The maximum atomic E-state index is 4.04. The van der Waals surface area contributed by atoms with Crippen LogP contribution in [0.3, 0.4) is 0 Å². The molecule has 0 aliphatic heterocycles. The van der Waals surface area contributed by atoms with Crippen LogP contribution in [-0.2, 0) is 6.42 Å². The molecular formula is C18H25Br4IMgN4. The van der Waals surface area contributed by atoms with Crippen LogP contribution in [-0.4, -0.2) is 48.3 Å². The Hall–Kier alpha value is 1.06. The summed E-state index contributed by atoms with van der Waals surface area (Å²) in [5.41, 5.74) is 0. The molecule has 10 heteroatoms. The quantitative estimate of drug-likeness (QED) is 0.119. The fourth-order valence-corrected chi connectivity index (χ4v) is 1.56. The Morgan fingerprint density at radius 3 is 1.54 bits per heavy atom. The van der Waals surface area contributed by atoms with Crippen LogP contribution in [0.5, 0.6) is 0 Å². The molecule has 0 spiro atoms. The van der Waals surface area contributed by atoms with E-state index in [-0.39, 0.29) is 47.5 Å². The van der Waals surface area contributed by atoms with Gasteiger partial charge in [0.25, 0.3) is 0 Å². The average Bonchev–Trinajstić information content (AvgIpc) is 2.61. The van der Waals surface area contributed by atoms with Gasteiger partial charge in [0.05, 0.1) is 8.95 Å². The molecule has 28 heavy (non-hydrogen) atoms. The van der Waals surface area contributed by atoms with Crippen LogP contribution in [0.4, 0.5) is 0 Å². The van der Waals surface area contributed by atoms with Crippen molar-refractivity contribution >= 4 is 93.4 Å². The van der Waals surface area contributed by atoms with E-state index in [0.717, 1.165) is 30.4 Å². The summed E-state index contributed by atoms with van der Waals surface area (Å²) in [6.45, 7) is 11.0. The van der Waals surface area contributed by atoms with Crippen LogP contribution in [0, 0.1) is 10.3 Å². The van der Waals surface area contributed by atoms with E-state index in [1.165, 1.54) is 0 Å². The van der Waals surface area contributed by atoms with Crippen LogP contribution >= 0.6 is 70.4 Å². The van der Waals surface area contributed by atoms with Gasteiger partial charge in [-0.25, -0.2) is 19.9 Å². The van der Waals surface area contributed by atoms with Gasteiger partial charge in [-0.15, -0.1) is 13.2 Å². The summed E-state index contributed by atoms with van der Waals surface area (Å²) in [7, 11) is 0. The van der Waals surface area contributed by atoms with Crippen molar-refractivity contribution < 1.29 is 17.0 Å². The molecule has 0 amide bonds. The summed E-state index contributed by atoms with van der Waals surface area (Å²) >= 11 is 11.6. The number of allylic oxidation sites excluding steroid dienone is 2. The van der Waals surface area contributed by atoms with E-state index < -0.39 is 0 Å². The summed E-state index contributed by atoms with van der Waals surface area (Å²) < 4.78 is 2.59. The van der Waals surface area contributed by atoms with Gasteiger partial charge in [-0.05, 0) is 31.9 Å². The van der Waals surface area contributed by atoms with Gasteiger partial charge in [-0.3, -0.25) is 0 Å². The minimum absolute atomic E-state index is 0. The second kappa shape index (κ2) is 30.3. The maximum Gasteiger partial charge on any atom is 2.00 e. The fraction of sp³-hybridized carbons (Fsp3) is 0.278. The Bertz CT molecular complexity index is 552. The van der Waals surface area contributed by atoms with Crippen LogP contribution in [0.25, 0.3) is 0 Å². The van der Waals surface area contributed by atoms with Crippen molar-refractivity contribution in [1.82, 2.24) is 19.9 Å². The van der Waals surface area contributed by atoms with Crippen LogP contribution < -0.4 is 17.0 Å². The van der Waals surface area contributed by atoms with E-state index >= 15 is 0 Å². The SMILES string of the molecule is Brc1cnc(I)nc1.C.C=CCBr.C=CCc1ncc(Br)cn1.C[CH-]C.[Br-].[Mg+2]. The van der Waals surface area contributed by atoms with Gasteiger partial charge in [0.15, 0.2) is 3.83 Å². The number of hydrogen-bond donors (Lipinski definition) is 0. The van der Waals surface area contributed by atoms with Crippen molar-refractivity contribution in [2.45, 2.75) is 27.7 Å². The Morgan fingerprint density at radius 2 is 1.29 bits per heavy atom. The summed E-state index contributed by atoms with van der Waals surface area (Å²) in [6.07, 6.45) is 13.2. The van der Waals surface area contributed by atoms with Crippen molar-refractivity contribution in [2.24, 2.45) is 0 Å². The van der Waals surface area contributed by atoms with Gasteiger partial charge in [0.1, 0.15) is 5.82 Å². The molecule has 154 valence electrons. The first-order valence-corrected chi connectivity index (χ1v) is 10.8. The molecule has 2 heterocycles. The first-order chi connectivity index (χ1) is 11.9. The van der Waals surface area contributed by atoms with E-state index in [1.54, 1.807) is 36.9 Å². The van der Waals surface area contributed by atoms with E-state index in [0.29, 0.717) is 0 Å². The third-order valence-electron chi connectivity index (χ3n) is 1.70. The first kappa shape index (κ1) is 39.5. The zero-order chi connectivity index (χ0) is 19.5. The molecule has 0 fully saturated rings. The molecule has 0 atom stereocenters. The zero-order valence-corrected chi connectivity index (χ0v) is 25.2. The Labute approximate surface area is 235 Å². The Kier molecular flexibility index (Phi) is 42.7. The standard InChI is InChI=1S/C7H7BrN2.C4H2BrIN2.C3H5Br.C3H7.CH4.BrH.Mg/c1-2-3-7-9-4-6(8)5-10-7;5-3-1-7-4(6)8-2-3;1-2-3-4;1-3-2;;;/h2,4-5H,1,3H2;1-2H;2H,1,3H2;3H,1-2H3;1H4;1H;/q;;;-1;;;+2/p-1. The number of hydrogen-bond acceptors (Lipinski definition) is 4. The second-order valence-corrected chi connectivity index (χ2v) is 7.44. The monoisotopic (exact) mass is 764 g/mol. The predicted octanol–water partition coefficient (Wildman–Crippen LogP) is 3.87. The predicted molar refractivity (Wildman–Crippen MR) is 138 cm³/mol. The smallest absolute Gasteiger partial charge is 1.00 e. The van der Waals surface area contributed by atoms with Crippen LogP contribution in [0.2, 0.25) is 0 Å². The molecule has 0 radical (unpaired) electrons. The molecule has 2 rings (SSSR count). The molecule has 0 saturated heterocycles. The largest absolute Gasteiger partial charge is 2.00 e. The normalized spacial score (nSPS) is 7.50. The maximum absolute atomic E-state index is 4.04. The van der Waals surface area contributed by atoms with E-state index in [2.05, 4.69) is 103 Å². The van der Waals surface area contributed by atoms with Gasteiger partial charge in [0, 0.05) is 59.1 Å². The minimum Gasteiger partial charge on any atom is -1.00 e. The molecule has 0 N–H and O–H groups in total. The van der Waals surface area contributed by atoms with Crippen molar-refractivity contribution in [2.75, 3.05) is 5.33 Å². The van der Waals surface area contributed by atoms with Crippen molar-refractivity contribution in [3.8, 4) is 0 Å². The van der Waals surface area contributed by atoms with Gasteiger partial charge in [0.2, 0.25) is 0 Å². The molecule has 0 saturated carbocycles. The second-order valence-electron chi connectivity index (χ2n) is 4.00. The summed E-state index contributed by atoms with van der Waals surface area (Å²) in [5.74, 6) is 0.804. The molecule has 0 aliphatic rings. The number of alkyl halides is 1. The van der Waals surface area contributed by atoms with Crippen LogP contribution in [0.1, 0.15) is 27.1 Å². The number of aromatic nitrogens is 4. The molecular weight excluding hydrogens is 743 g/mol. The molecule has 2 aromatic heterocycles. The summed E-state index contributed by atoms with van der Waals surface area (Å²) in [6, 6.07) is 0. The van der Waals surface area contributed by atoms with Gasteiger partial charge >= 0.3 is 23.1 Å². The first-order valence-electron chi connectivity index (χ1n) is 7.06. The molecule has 2 aromatic rings. The van der Waals surface area contributed by atoms with E-state index in [9.17, 15) is 0 Å². The van der Waals surface area contributed by atoms with Crippen molar-refractivity contribution in [3.05, 3.63) is 75.1 Å². The average molecular weight is 768 g/mol. The number of halogens is 5. The Morgan fingerprint density at radius 1 is 0.964 bits per heavy atom. The van der Waals surface area contributed by atoms with Crippen molar-refractivity contribution in [1.29, 1.82) is 0 Å². The van der Waals surface area contributed by atoms with E-state index in [1.807, 2.05) is 20.3 Å². The molecule has 0 bridgehead atoms. The summed E-state index contributed by atoms with van der Waals surface area (Å²) in [5, 5.41) is 0.896. The topological polar surface area (TPSA) is 51.6 Å². The Balaban J connectivity index is -0.0000000890. The minimum atomic E-state index is 0. The van der Waals surface area contributed by atoms with Gasteiger partial charge in [-0.2, -0.15) is 13.8 Å². The molecule has 0 aliphatic carbocycles. The van der Waals surface area contributed by atoms with E-state index in [4.69, 9.17) is 0 Å². The number of rotatable bonds is 3. The third kappa shape index (κ3) is 29.3. The van der Waals surface area contributed by atoms with Gasteiger partial charge in [-0.1, -0.05) is 35.5 Å². The van der Waals surface area contributed by atoms with Crippen molar-refractivity contribution in [3.63, 3.8) is 0 Å². The molecule has 4 nitrogen and oxygen atoms in total. The summed E-state index contributed by atoms with van der Waals surface area (Å²) in [4.78, 5) is 15.9. The fourth-order valence-electron chi connectivity index (χ4n) is 0.870. The van der Waals surface area contributed by atoms with Gasteiger partial charge < -0.3 is 23.4 Å². The number of nitrogens with zero attached hydrogens (tertiary/aromatic N) is 4. The van der Waals surface area contributed by atoms with Crippen LogP contribution in [0.15, 0.2) is 59.0 Å². The molecule has 0 aromatic carbocycles.